The van der Waals surface area contributed by atoms with Crippen LogP contribution in [-0.2, 0) is 9.59 Å². The highest BCUT2D eigenvalue weighted by molar-refractivity contribution is 5.73. The fourth-order valence-corrected chi connectivity index (χ4v) is 1.79. The van der Waals surface area contributed by atoms with Gasteiger partial charge in [-0.1, -0.05) is 0 Å². The van der Waals surface area contributed by atoms with Crippen molar-refractivity contribution in [2.45, 2.75) is 31.2 Å². The minimum atomic E-state index is -5.08. The van der Waals surface area contributed by atoms with Crippen LogP contribution >= 0.6 is 0 Å². The number of aliphatic carboxylic acids is 2. The Bertz CT molecular complexity index is 649. The van der Waals surface area contributed by atoms with Crippen molar-refractivity contribution in [3.05, 3.63) is 29.8 Å². The van der Waals surface area contributed by atoms with Crippen LogP contribution in [0.5, 0.6) is 0 Å². The molecule has 1 aromatic carbocycles. The van der Waals surface area contributed by atoms with Gasteiger partial charge < -0.3 is 20.8 Å². The van der Waals surface area contributed by atoms with E-state index in [1.165, 1.54) is 12.1 Å². The summed E-state index contributed by atoms with van der Waals surface area (Å²) in [4.78, 5) is 17.8. The zero-order valence-corrected chi connectivity index (χ0v) is 14.4. The van der Waals surface area contributed by atoms with Gasteiger partial charge in [0.05, 0.1) is 5.69 Å². The van der Waals surface area contributed by atoms with Crippen LogP contribution in [0.3, 0.4) is 0 Å². The van der Waals surface area contributed by atoms with E-state index >= 15 is 0 Å². The van der Waals surface area contributed by atoms with Gasteiger partial charge >= 0.3 is 24.3 Å². The number of benzene rings is 1. The Morgan fingerprint density at radius 1 is 0.931 bits per heavy atom. The molecule has 0 unspecified atom stereocenters. The van der Waals surface area contributed by atoms with Crippen LogP contribution in [0.25, 0.3) is 0 Å². The smallest absolute Gasteiger partial charge is 0.475 e. The molecule has 4 N–H and O–H groups in total. The van der Waals surface area contributed by atoms with Crippen molar-refractivity contribution in [2.75, 3.05) is 18.4 Å². The van der Waals surface area contributed by atoms with Crippen LogP contribution in [0.1, 0.15) is 12.8 Å². The minimum Gasteiger partial charge on any atom is -0.475 e. The zero-order chi connectivity index (χ0) is 22.8. The molecule has 0 aromatic heterocycles. The quantitative estimate of drug-likeness (QED) is 0.527. The minimum absolute atomic E-state index is 0.284. The third-order valence-electron chi connectivity index (χ3n) is 3.11. The van der Waals surface area contributed by atoms with E-state index < -0.39 is 35.9 Å². The maximum absolute atomic E-state index is 13.3. The van der Waals surface area contributed by atoms with E-state index in [-0.39, 0.29) is 6.04 Å². The van der Waals surface area contributed by atoms with Crippen LogP contribution in [0.4, 0.5) is 40.8 Å². The molecule has 0 aliphatic carbocycles. The first-order valence-corrected chi connectivity index (χ1v) is 7.67. The Morgan fingerprint density at radius 3 is 1.69 bits per heavy atom. The van der Waals surface area contributed by atoms with Crippen LogP contribution in [0, 0.1) is 11.6 Å². The van der Waals surface area contributed by atoms with Crippen molar-refractivity contribution in [3.63, 3.8) is 0 Å². The highest BCUT2D eigenvalue weighted by Crippen LogP contribution is 2.18. The summed E-state index contributed by atoms with van der Waals surface area (Å²) in [6.45, 7) is 1.89. The van der Waals surface area contributed by atoms with Gasteiger partial charge in [0.1, 0.15) is 11.6 Å². The van der Waals surface area contributed by atoms with Crippen molar-refractivity contribution in [1.29, 1.82) is 0 Å². The Morgan fingerprint density at radius 2 is 1.34 bits per heavy atom. The maximum atomic E-state index is 13.3. The molecule has 14 heteroatoms. The van der Waals surface area contributed by atoms with Crippen LogP contribution in [-0.4, -0.2) is 53.6 Å². The number of halogens is 8. The van der Waals surface area contributed by atoms with E-state index in [4.69, 9.17) is 19.8 Å². The van der Waals surface area contributed by atoms with Gasteiger partial charge in [-0.2, -0.15) is 26.3 Å². The Labute approximate surface area is 158 Å². The van der Waals surface area contributed by atoms with E-state index in [2.05, 4.69) is 10.6 Å². The first kappa shape index (κ1) is 26.4. The lowest BCUT2D eigenvalue weighted by atomic mass is 10.1. The number of nitrogens with one attached hydrogen (secondary N) is 2. The zero-order valence-electron chi connectivity index (χ0n) is 14.4. The Hall–Kier alpha value is -2.64. The van der Waals surface area contributed by atoms with E-state index in [1.807, 2.05) is 0 Å². The number of carbonyl (C=O) groups is 2. The number of anilines is 1. The fraction of sp³-hybridized carbons (Fsp3) is 0.467. The van der Waals surface area contributed by atoms with Gasteiger partial charge in [-0.05, 0) is 38.1 Å². The molecule has 0 bridgehead atoms. The molecular weight excluding hydrogens is 424 g/mol. The van der Waals surface area contributed by atoms with Gasteiger partial charge in [0.15, 0.2) is 0 Å². The lowest BCUT2D eigenvalue weighted by Crippen LogP contribution is -2.35. The van der Waals surface area contributed by atoms with Gasteiger partial charge in [-0.25, -0.2) is 18.4 Å². The van der Waals surface area contributed by atoms with Crippen molar-refractivity contribution >= 4 is 17.6 Å². The maximum Gasteiger partial charge on any atom is 0.490 e. The number of piperidine rings is 1. The molecule has 1 heterocycles. The highest BCUT2D eigenvalue weighted by atomic mass is 19.4. The molecule has 0 amide bonds. The van der Waals surface area contributed by atoms with E-state index in [0.29, 0.717) is 5.69 Å². The molecule has 1 aromatic rings. The van der Waals surface area contributed by atoms with Gasteiger partial charge in [0.25, 0.3) is 0 Å². The number of carboxylic acid groups (broad SMARTS) is 2. The average molecular weight is 440 g/mol. The van der Waals surface area contributed by atoms with Crippen LogP contribution in [0.2, 0.25) is 0 Å². The molecule has 2 rings (SSSR count). The molecule has 0 atom stereocenters. The molecule has 29 heavy (non-hydrogen) atoms. The lowest BCUT2D eigenvalue weighted by Gasteiger charge is -2.24. The summed E-state index contributed by atoms with van der Waals surface area (Å²) in [5, 5.41) is 20.6. The normalized spacial score (nSPS) is 14.6. The molecule has 6 nitrogen and oxygen atoms in total. The molecule has 0 spiro atoms. The van der Waals surface area contributed by atoms with Crippen LogP contribution < -0.4 is 10.6 Å². The monoisotopic (exact) mass is 440 g/mol. The molecular formula is C15H16F8N2O4. The summed E-state index contributed by atoms with van der Waals surface area (Å²) in [6, 6.07) is 3.91. The van der Waals surface area contributed by atoms with E-state index in [1.54, 1.807) is 0 Å². The largest absolute Gasteiger partial charge is 0.490 e. The van der Waals surface area contributed by atoms with Gasteiger partial charge in [0.2, 0.25) is 0 Å². The first-order chi connectivity index (χ1) is 13.1. The predicted octanol–water partition coefficient (Wildman–Crippen LogP) is 3.40. The molecule has 1 fully saturated rings. The van der Waals surface area contributed by atoms with Gasteiger partial charge in [-0.3, -0.25) is 0 Å². The number of hydrogen-bond donors (Lipinski definition) is 4. The predicted molar refractivity (Wildman–Crippen MR) is 83.3 cm³/mol. The average Bonchev–Trinajstić information content (AvgIpc) is 2.58. The first-order valence-electron chi connectivity index (χ1n) is 7.67. The van der Waals surface area contributed by atoms with E-state index in [9.17, 15) is 35.1 Å². The number of carboxylic acids is 2. The molecule has 1 aliphatic rings. The number of hydrogen-bond acceptors (Lipinski definition) is 4. The van der Waals surface area contributed by atoms with Gasteiger partial charge in [-0.15, -0.1) is 0 Å². The second-order valence-corrected chi connectivity index (χ2v) is 5.40. The number of alkyl halides is 6. The molecule has 0 saturated carbocycles. The summed E-state index contributed by atoms with van der Waals surface area (Å²) in [6.07, 6.45) is -8.23. The summed E-state index contributed by atoms with van der Waals surface area (Å²) in [5.41, 5.74) is 0.392. The summed E-state index contributed by atoms with van der Waals surface area (Å²) in [7, 11) is 0. The summed E-state index contributed by atoms with van der Waals surface area (Å²) < 4.78 is 89.4. The molecule has 1 saturated heterocycles. The summed E-state index contributed by atoms with van der Waals surface area (Å²) in [5.74, 6) is -6.57. The number of rotatable bonds is 2. The topological polar surface area (TPSA) is 98.7 Å². The molecule has 166 valence electrons. The molecule has 1 aliphatic heterocycles. The standard InChI is InChI=1S/C11H14F2N2.2C2HF3O2/c12-8-1-2-11(10(13)7-8)15-9-3-5-14-6-4-9;2*3-2(4,5)1(6)7/h1-2,7,9,14-15H,3-6H2;2*(H,6,7). The molecule has 0 radical (unpaired) electrons. The third kappa shape index (κ3) is 11.7. The van der Waals surface area contributed by atoms with Crippen LogP contribution in [0.15, 0.2) is 18.2 Å². The van der Waals surface area contributed by atoms with Gasteiger partial charge in [0, 0.05) is 12.1 Å². The lowest BCUT2D eigenvalue weighted by molar-refractivity contribution is -0.193. The second kappa shape index (κ2) is 11.4. The van der Waals surface area contributed by atoms with Crippen molar-refractivity contribution < 1.29 is 54.9 Å². The Kier molecular flexibility index (Phi) is 10.3. The fourth-order valence-electron chi connectivity index (χ4n) is 1.79. The van der Waals surface area contributed by atoms with E-state index in [0.717, 1.165) is 32.0 Å². The van der Waals surface area contributed by atoms with Crippen molar-refractivity contribution in [1.82, 2.24) is 5.32 Å². The Balaban J connectivity index is 0.000000473. The summed E-state index contributed by atoms with van der Waals surface area (Å²) >= 11 is 0. The highest BCUT2D eigenvalue weighted by Gasteiger charge is 2.38. The van der Waals surface area contributed by atoms with Crippen molar-refractivity contribution in [3.8, 4) is 0 Å². The van der Waals surface area contributed by atoms with Crippen molar-refractivity contribution in [2.24, 2.45) is 0 Å². The second-order valence-electron chi connectivity index (χ2n) is 5.40. The third-order valence-corrected chi connectivity index (χ3v) is 3.11. The SMILES string of the molecule is Fc1ccc(NC2CCNCC2)c(F)c1.O=C(O)C(F)(F)F.O=C(O)C(F)(F)F.